The molecule has 1 saturated heterocycles. The molecule has 2 bridgehead atoms. The maximum atomic E-state index is 13.1. The molecule has 144 valence electrons. The fourth-order valence-electron chi connectivity index (χ4n) is 4.69. The van der Waals surface area contributed by atoms with Gasteiger partial charge in [0.25, 0.3) is 5.56 Å². The highest BCUT2D eigenvalue weighted by Crippen LogP contribution is 2.31. The van der Waals surface area contributed by atoms with Gasteiger partial charge in [-0.25, -0.2) is 4.98 Å². The predicted molar refractivity (Wildman–Crippen MR) is 105 cm³/mol. The van der Waals surface area contributed by atoms with Crippen molar-refractivity contribution in [1.29, 1.82) is 0 Å². The van der Waals surface area contributed by atoms with Crippen molar-refractivity contribution in [3.05, 3.63) is 58.4 Å². The van der Waals surface area contributed by atoms with Crippen LogP contribution in [-0.4, -0.2) is 42.2 Å². The molecule has 7 heteroatoms. The molecule has 0 unspecified atom stereocenters. The van der Waals surface area contributed by atoms with E-state index in [9.17, 15) is 9.59 Å². The van der Waals surface area contributed by atoms with E-state index in [0.717, 1.165) is 29.9 Å². The fourth-order valence-corrected chi connectivity index (χ4v) is 4.69. The third-order valence-corrected chi connectivity index (χ3v) is 6.13. The number of nitrogens with zero attached hydrogens (tertiary/aromatic N) is 5. The summed E-state index contributed by atoms with van der Waals surface area (Å²) in [5.41, 5.74) is 1.80. The van der Waals surface area contributed by atoms with E-state index in [1.54, 1.807) is 10.8 Å². The number of hydrogen-bond donors (Lipinski definition) is 0. The first-order valence-corrected chi connectivity index (χ1v) is 9.90. The first-order chi connectivity index (χ1) is 13.6. The summed E-state index contributed by atoms with van der Waals surface area (Å²) < 4.78 is 3.66. The van der Waals surface area contributed by atoms with Crippen LogP contribution in [0.5, 0.6) is 0 Å². The lowest BCUT2D eigenvalue weighted by Gasteiger charge is -2.28. The van der Waals surface area contributed by atoms with Crippen LogP contribution < -0.4 is 5.56 Å². The minimum Gasteiger partial charge on any atom is -0.334 e. The van der Waals surface area contributed by atoms with Crippen LogP contribution in [0.25, 0.3) is 10.9 Å². The van der Waals surface area contributed by atoms with Gasteiger partial charge in [-0.3, -0.25) is 18.8 Å². The molecule has 1 amide bonds. The van der Waals surface area contributed by atoms with Gasteiger partial charge in [-0.1, -0.05) is 12.1 Å². The Labute approximate surface area is 162 Å². The molecule has 5 rings (SSSR count). The van der Waals surface area contributed by atoms with Crippen molar-refractivity contribution in [2.75, 3.05) is 0 Å². The smallest absolute Gasteiger partial charge is 0.261 e. The Morgan fingerprint density at radius 1 is 1.18 bits per heavy atom. The quantitative estimate of drug-likeness (QED) is 0.699. The molecule has 2 aliphatic heterocycles. The van der Waals surface area contributed by atoms with Crippen LogP contribution in [0.4, 0.5) is 0 Å². The summed E-state index contributed by atoms with van der Waals surface area (Å²) in [7, 11) is 0. The topological polar surface area (TPSA) is 73.0 Å². The van der Waals surface area contributed by atoms with Crippen molar-refractivity contribution in [2.24, 2.45) is 0 Å². The second kappa shape index (κ2) is 6.58. The molecule has 0 saturated carbocycles. The molecule has 1 fully saturated rings. The van der Waals surface area contributed by atoms with E-state index in [2.05, 4.69) is 5.10 Å². The van der Waals surface area contributed by atoms with Crippen LogP contribution >= 0.6 is 0 Å². The van der Waals surface area contributed by atoms with E-state index in [4.69, 9.17) is 4.98 Å². The number of carbonyl (C=O) groups excluding carboxylic acids is 1. The van der Waals surface area contributed by atoms with Crippen molar-refractivity contribution < 1.29 is 4.79 Å². The van der Waals surface area contributed by atoms with Crippen LogP contribution in [0.15, 0.2) is 41.3 Å². The Morgan fingerprint density at radius 2 is 2.00 bits per heavy atom. The molecule has 7 nitrogen and oxygen atoms in total. The summed E-state index contributed by atoms with van der Waals surface area (Å²) in [5, 5.41) is 4.92. The van der Waals surface area contributed by atoms with E-state index in [1.807, 2.05) is 46.8 Å². The predicted octanol–water partition coefficient (Wildman–Crippen LogP) is 1.91. The standard InChI is InChI=1S/C21H23N5O2/c1-14-8-10-22-25(14)11-9-20(27)26-15-6-7-16(26)13-24-19(12-15)23-18-5-3-2-4-17(18)21(24)28/h2-5,8,10,15-16H,6-7,9,11-13H2,1H3/t15-,16-/m0/s1. The van der Waals surface area contributed by atoms with Crippen LogP contribution in [0, 0.1) is 6.92 Å². The summed E-state index contributed by atoms with van der Waals surface area (Å²) in [6, 6.07) is 9.62. The van der Waals surface area contributed by atoms with Gasteiger partial charge in [0.2, 0.25) is 5.91 Å². The monoisotopic (exact) mass is 377 g/mol. The van der Waals surface area contributed by atoms with Gasteiger partial charge in [-0.05, 0) is 38.0 Å². The van der Waals surface area contributed by atoms with E-state index >= 15 is 0 Å². The Bertz CT molecular complexity index is 1120. The molecule has 0 N–H and O–H groups in total. The second-order valence-electron chi connectivity index (χ2n) is 7.80. The van der Waals surface area contributed by atoms with E-state index in [-0.39, 0.29) is 23.6 Å². The van der Waals surface area contributed by atoms with Gasteiger partial charge < -0.3 is 4.90 Å². The maximum absolute atomic E-state index is 13.1. The lowest BCUT2D eigenvalue weighted by molar-refractivity contribution is -0.134. The molecule has 1 aromatic carbocycles. The van der Waals surface area contributed by atoms with Gasteiger partial charge in [0.1, 0.15) is 5.82 Å². The molecule has 2 aromatic heterocycles. The van der Waals surface area contributed by atoms with Crippen LogP contribution in [0.1, 0.15) is 30.8 Å². The first kappa shape index (κ1) is 17.2. The average Bonchev–Trinajstić information content (AvgIpc) is 3.23. The summed E-state index contributed by atoms with van der Waals surface area (Å²) >= 11 is 0. The van der Waals surface area contributed by atoms with Gasteiger partial charge in [-0.2, -0.15) is 5.10 Å². The number of benzene rings is 1. The Hall–Kier alpha value is -2.96. The summed E-state index contributed by atoms with van der Waals surface area (Å²) in [6.45, 7) is 3.12. The molecule has 0 spiro atoms. The lowest BCUT2D eigenvalue weighted by Crippen LogP contribution is -2.42. The van der Waals surface area contributed by atoms with E-state index < -0.39 is 0 Å². The number of fused-ring (bicyclic) bond motifs is 4. The zero-order chi connectivity index (χ0) is 19.3. The van der Waals surface area contributed by atoms with Crippen LogP contribution in [0.3, 0.4) is 0 Å². The first-order valence-electron chi connectivity index (χ1n) is 9.90. The molecule has 2 atom stereocenters. The Kier molecular flexibility index (Phi) is 4.03. The molecule has 0 aliphatic carbocycles. The summed E-state index contributed by atoms with van der Waals surface area (Å²) in [4.78, 5) is 32.9. The minimum atomic E-state index is 0.00714. The summed E-state index contributed by atoms with van der Waals surface area (Å²) in [5.74, 6) is 0.949. The van der Waals surface area contributed by atoms with Crippen molar-refractivity contribution >= 4 is 16.8 Å². The highest BCUT2D eigenvalue weighted by Gasteiger charge is 2.40. The highest BCUT2D eigenvalue weighted by atomic mass is 16.2. The van der Waals surface area contributed by atoms with Crippen LogP contribution in [0.2, 0.25) is 0 Å². The number of carbonyl (C=O) groups is 1. The van der Waals surface area contributed by atoms with E-state index in [1.165, 1.54) is 0 Å². The highest BCUT2D eigenvalue weighted by molar-refractivity contribution is 5.78. The number of aryl methyl sites for hydroxylation is 2. The van der Waals surface area contributed by atoms with Crippen molar-refractivity contribution in [3.8, 4) is 0 Å². The number of amides is 1. The van der Waals surface area contributed by atoms with E-state index in [0.29, 0.717) is 31.3 Å². The minimum absolute atomic E-state index is 0.00714. The maximum Gasteiger partial charge on any atom is 0.261 e. The largest absolute Gasteiger partial charge is 0.334 e. The zero-order valence-electron chi connectivity index (χ0n) is 15.9. The van der Waals surface area contributed by atoms with Crippen molar-refractivity contribution in [1.82, 2.24) is 24.2 Å². The molecule has 4 heterocycles. The Morgan fingerprint density at radius 3 is 2.82 bits per heavy atom. The molecule has 2 aliphatic rings. The number of hydrogen-bond acceptors (Lipinski definition) is 4. The fraction of sp³-hybridized carbons (Fsp3) is 0.429. The lowest BCUT2D eigenvalue weighted by atomic mass is 10.1. The summed E-state index contributed by atoms with van der Waals surface area (Å²) in [6.07, 6.45) is 4.74. The second-order valence-corrected chi connectivity index (χ2v) is 7.80. The van der Waals surface area contributed by atoms with Gasteiger partial charge in [0, 0.05) is 43.9 Å². The number of para-hydroxylation sites is 1. The SMILES string of the molecule is Cc1ccnn1CCC(=O)N1[C@H]2CC[C@H]1Cn1c(nc3ccccc3c1=O)C2. The van der Waals surface area contributed by atoms with Crippen molar-refractivity contribution in [3.63, 3.8) is 0 Å². The van der Waals surface area contributed by atoms with Crippen molar-refractivity contribution in [2.45, 2.75) is 57.8 Å². The third kappa shape index (κ3) is 2.73. The third-order valence-electron chi connectivity index (χ3n) is 6.13. The Balaban J connectivity index is 1.43. The zero-order valence-corrected chi connectivity index (χ0v) is 15.9. The molecule has 28 heavy (non-hydrogen) atoms. The van der Waals surface area contributed by atoms with Gasteiger partial charge >= 0.3 is 0 Å². The van der Waals surface area contributed by atoms with Crippen LogP contribution in [-0.2, 0) is 24.3 Å². The van der Waals surface area contributed by atoms with Gasteiger partial charge in [0.15, 0.2) is 0 Å². The molecular weight excluding hydrogens is 354 g/mol. The van der Waals surface area contributed by atoms with Gasteiger partial charge in [0.05, 0.1) is 16.9 Å². The number of rotatable bonds is 3. The molecular formula is C21H23N5O2. The van der Waals surface area contributed by atoms with Gasteiger partial charge in [-0.15, -0.1) is 0 Å². The normalized spacial score (nSPS) is 21.0. The average molecular weight is 377 g/mol. The molecule has 0 radical (unpaired) electrons. The number of aromatic nitrogens is 4. The molecule has 3 aromatic rings.